The molecule has 0 heterocycles. The van der Waals surface area contributed by atoms with Crippen LogP contribution >= 0.6 is 0 Å². The molecular formula is C15H21NO3. The van der Waals surface area contributed by atoms with Gasteiger partial charge in [0.2, 0.25) is 5.91 Å². The van der Waals surface area contributed by atoms with Gasteiger partial charge in [-0.3, -0.25) is 9.59 Å². The first kappa shape index (κ1) is 15.2. The molecule has 0 aliphatic carbocycles. The number of carbonyl (C=O) groups is 2. The summed E-state index contributed by atoms with van der Waals surface area (Å²) in [5, 5.41) is 2.72. The van der Waals surface area contributed by atoms with Gasteiger partial charge in [-0.1, -0.05) is 24.3 Å². The van der Waals surface area contributed by atoms with Gasteiger partial charge in [0.1, 0.15) is 0 Å². The van der Waals surface area contributed by atoms with E-state index in [1.54, 1.807) is 6.92 Å². The molecule has 1 amide bonds. The lowest BCUT2D eigenvalue weighted by molar-refractivity contribution is -0.143. The van der Waals surface area contributed by atoms with Crippen LogP contribution in [0, 0.1) is 6.92 Å². The molecule has 4 heteroatoms. The molecule has 0 atom stereocenters. The Balaban J connectivity index is 2.22. The second kappa shape index (κ2) is 8.29. The average Bonchev–Trinajstić information content (AvgIpc) is 2.38. The largest absolute Gasteiger partial charge is 0.466 e. The van der Waals surface area contributed by atoms with Crippen LogP contribution in [0.5, 0.6) is 0 Å². The second-order valence-electron chi connectivity index (χ2n) is 4.33. The molecular weight excluding hydrogens is 242 g/mol. The highest BCUT2D eigenvalue weighted by Crippen LogP contribution is 2.09. The van der Waals surface area contributed by atoms with E-state index in [2.05, 4.69) is 5.32 Å². The highest BCUT2D eigenvalue weighted by Gasteiger charge is 2.05. The molecule has 0 unspecified atom stereocenters. The molecule has 1 N–H and O–H groups in total. The van der Waals surface area contributed by atoms with Crippen LogP contribution in [0.4, 0.5) is 0 Å². The molecule has 19 heavy (non-hydrogen) atoms. The van der Waals surface area contributed by atoms with Crippen molar-refractivity contribution in [3.8, 4) is 0 Å². The monoisotopic (exact) mass is 263 g/mol. The van der Waals surface area contributed by atoms with Crippen LogP contribution in [0.1, 0.15) is 30.9 Å². The average molecular weight is 263 g/mol. The smallest absolute Gasteiger partial charge is 0.307 e. The minimum atomic E-state index is -0.276. The summed E-state index contributed by atoms with van der Waals surface area (Å²) < 4.78 is 4.78. The third kappa shape index (κ3) is 6.04. The van der Waals surface area contributed by atoms with Crippen LogP contribution in [0.3, 0.4) is 0 Å². The summed E-state index contributed by atoms with van der Waals surface area (Å²) in [5.74, 6) is -0.311. The fraction of sp³-hybridized carbons (Fsp3) is 0.467. The lowest BCUT2D eigenvalue weighted by Gasteiger charge is -2.07. The number of amides is 1. The Kier molecular flexibility index (Phi) is 6.64. The number of aryl methyl sites for hydroxylation is 2. The summed E-state index contributed by atoms with van der Waals surface area (Å²) in [7, 11) is 0. The summed E-state index contributed by atoms with van der Waals surface area (Å²) in [4.78, 5) is 22.7. The van der Waals surface area contributed by atoms with E-state index in [1.807, 2.05) is 31.2 Å². The molecule has 4 nitrogen and oxygen atoms in total. The van der Waals surface area contributed by atoms with Gasteiger partial charge >= 0.3 is 5.97 Å². The van der Waals surface area contributed by atoms with Gasteiger partial charge in [0.15, 0.2) is 0 Å². The van der Waals surface area contributed by atoms with Gasteiger partial charge in [0, 0.05) is 13.0 Å². The van der Waals surface area contributed by atoms with E-state index in [9.17, 15) is 9.59 Å². The van der Waals surface area contributed by atoms with Gasteiger partial charge in [-0.15, -0.1) is 0 Å². The minimum absolute atomic E-state index is 0.0347. The fourth-order valence-electron chi connectivity index (χ4n) is 1.76. The summed E-state index contributed by atoms with van der Waals surface area (Å²) >= 11 is 0. The molecule has 0 saturated heterocycles. The minimum Gasteiger partial charge on any atom is -0.466 e. The SMILES string of the molecule is CCOC(=O)CCNC(=O)CCc1ccccc1C. The number of ether oxygens (including phenoxy) is 1. The third-order valence-corrected chi connectivity index (χ3v) is 2.84. The van der Waals surface area contributed by atoms with Gasteiger partial charge in [-0.05, 0) is 31.4 Å². The highest BCUT2D eigenvalue weighted by atomic mass is 16.5. The van der Waals surface area contributed by atoms with E-state index in [0.717, 1.165) is 6.42 Å². The van der Waals surface area contributed by atoms with Gasteiger partial charge < -0.3 is 10.1 Å². The van der Waals surface area contributed by atoms with Crippen molar-refractivity contribution in [1.82, 2.24) is 5.32 Å². The Hall–Kier alpha value is -1.84. The van der Waals surface area contributed by atoms with Gasteiger partial charge in [0.25, 0.3) is 0 Å². The Labute approximate surface area is 114 Å². The number of esters is 1. The zero-order chi connectivity index (χ0) is 14.1. The summed E-state index contributed by atoms with van der Waals surface area (Å²) in [6.07, 6.45) is 1.38. The molecule has 0 aliphatic heterocycles. The van der Waals surface area contributed by atoms with Crippen molar-refractivity contribution < 1.29 is 14.3 Å². The molecule has 0 aliphatic rings. The van der Waals surface area contributed by atoms with E-state index in [0.29, 0.717) is 19.6 Å². The third-order valence-electron chi connectivity index (χ3n) is 2.84. The van der Waals surface area contributed by atoms with Crippen molar-refractivity contribution in [3.05, 3.63) is 35.4 Å². The predicted molar refractivity (Wildman–Crippen MR) is 73.8 cm³/mol. The summed E-state index contributed by atoms with van der Waals surface area (Å²) in [6, 6.07) is 8.02. The van der Waals surface area contributed by atoms with Crippen LogP contribution in [0.2, 0.25) is 0 Å². The number of nitrogens with one attached hydrogen (secondary N) is 1. The van der Waals surface area contributed by atoms with Gasteiger partial charge in [-0.25, -0.2) is 0 Å². The molecule has 0 aromatic heterocycles. The summed E-state index contributed by atoms with van der Waals surface area (Å²) in [6.45, 7) is 4.51. The number of hydrogen-bond donors (Lipinski definition) is 1. The highest BCUT2D eigenvalue weighted by molar-refractivity contribution is 5.77. The van der Waals surface area contributed by atoms with Gasteiger partial charge in [-0.2, -0.15) is 0 Å². The normalized spacial score (nSPS) is 10.0. The first-order valence-corrected chi connectivity index (χ1v) is 6.60. The number of hydrogen-bond acceptors (Lipinski definition) is 3. The van der Waals surface area contributed by atoms with Crippen LogP contribution in [0.25, 0.3) is 0 Å². The lowest BCUT2D eigenvalue weighted by atomic mass is 10.0. The maximum absolute atomic E-state index is 11.6. The van der Waals surface area contributed by atoms with E-state index >= 15 is 0 Å². The topological polar surface area (TPSA) is 55.4 Å². The summed E-state index contributed by atoms with van der Waals surface area (Å²) in [5.41, 5.74) is 2.38. The molecule has 0 saturated carbocycles. The predicted octanol–water partition coefficient (Wildman–Crippen LogP) is 2.00. The lowest BCUT2D eigenvalue weighted by Crippen LogP contribution is -2.26. The molecule has 0 spiro atoms. The Morgan fingerprint density at radius 2 is 1.95 bits per heavy atom. The van der Waals surface area contributed by atoms with Crippen molar-refractivity contribution in [1.29, 1.82) is 0 Å². The zero-order valence-electron chi connectivity index (χ0n) is 11.6. The van der Waals surface area contributed by atoms with E-state index < -0.39 is 0 Å². The van der Waals surface area contributed by atoms with Crippen LogP contribution in [-0.2, 0) is 20.7 Å². The fourth-order valence-corrected chi connectivity index (χ4v) is 1.76. The number of benzene rings is 1. The molecule has 0 bridgehead atoms. The molecule has 0 fully saturated rings. The van der Waals surface area contributed by atoms with E-state index in [1.165, 1.54) is 11.1 Å². The van der Waals surface area contributed by atoms with Crippen LogP contribution < -0.4 is 5.32 Å². The Morgan fingerprint density at radius 1 is 1.21 bits per heavy atom. The maximum atomic E-state index is 11.6. The molecule has 1 aromatic rings. The van der Waals surface area contributed by atoms with Crippen LogP contribution in [-0.4, -0.2) is 25.0 Å². The van der Waals surface area contributed by atoms with E-state index in [4.69, 9.17) is 4.74 Å². The van der Waals surface area contributed by atoms with Crippen molar-refractivity contribution in [2.75, 3.05) is 13.2 Å². The molecule has 1 rings (SSSR count). The molecule has 1 aromatic carbocycles. The van der Waals surface area contributed by atoms with Crippen molar-refractivity contribution in [3.63, 3.8) is 0 Å². The molecule has 104 valence electrons. The first-order chi connectivity index (χ1) is 9.13. The first-order valence-electron chi connectivity index (χ1n) is 6.60. The quantitative estimate of drug-likeness (QED) is 0.765. The van der Waals surface area contributed by atoms with Crippen molar-refractivity contribution in [2.45, 2.75) is 33.1 Å². The van der Waals surface area contributed by atoms with Crippen LogP contribution in [0.15, 0.2) is 24.3 Å². The van der Waals surface area contributed by atoms with Crippen molar-refractivity contribution >= 4 is 11.9 Å². The maximum Gasteiger partial charge on any atom is 0.307 e. The standard InChI is InChI=1S/C15H21NO3/c1-3-19-15(18)10-11-16-14(17)9-8-13-7-5-4-6-12(13)2/h4-7H,3,8-11H2,1-2H3,(H,16,17). The molecule has 0 radical (unpaired) electrons. The second-order valence-corrected chi connectivity index (χ2v) is 4.33. The zero-order valence-corrected chi connectivity index (χ0v) is 11.6. The Bertz CT molecular complexity index is 429. The van der Waals surface area contributed by atoms with Gasteiger partial charge in [0.05, 0.1) is 13.0 Å². The number of rotatable bonds is 7. The number of carbonyl (C=O) groups excluding carboxylic acids is 2. The van der Waals surface area contributed by atoms with Crippen molar-refractivity contribution in [2.24, 2.45) is 0 Å². The Morgan fingerprint density at radius 3 is 2.63 bits per heavy atom. The van der Waals surface area contributed by atoms with E-state index in [-0.39, 0.29) is 18.3 Å².